The Hall–Kier alpha value is -1.58. The second kappa shape index (κ2) is 91.6. The van der Waals surface area contributed by atoms with E-state index < -0.39 is 48.8 Å². The Bertz CT molecular complexity index is 1860. The van der Waals surface area contributed by atoms with Gasteiger partial charge in [-0.1, -0.05) is 447 Å². The number of para-hydroxylation sites is 1. The van der Waals surface area contributed by atoms with E-state index in [1.165, 1.54) is 244 Å². The van der Waals surface area contributed by atoms with Crippen LogP contribution in [0.2, 0.25) is 0 Å². The maximum Gasteiger partial charge on any atom is 0.0685 e. The van der Waals surface area contributed by atoms with Crippen LogP contribution in [-0.2, 0) is 0 Å². The van der Waals surface area contributed by atoms with Crippen LogP contribution in [-0.4, -0.2) is 203 Å². The van der Waals surface area contributed by atoms with E-state index in [1.54, 1.807) is 0 Å². The summed E-state index contributed by atoms with van der Waals surface area (Å²) in [6.07, 6.45) is 71.3. The van der Waals surface area contributed by atoms with Crippen molar-refractivity contribution in [1.29, 1.82) is 0 Å². The van der Waals surface area contributed by atoms with Crippen LogP contribution in [0.25, 0.3) is 0 Å². The lowest BCUT2D eigenvalue weighted by Crippen LogP contribution is -2.54. The van der Waals surface area contributed by atoms with Crippen LogP contribution in [0.3, 0.4) is 0 Å². The number of aliphatic hydroxyl groups excluding tert-OH is 10. The Kier molecular flexibility index (Phi) is 92.0. The molecule has 0 radical (unpaired) electrons. The van der Waals surface area contributed by atoms with Gasteiger partial charge in [-0.2, -0.15) is 0 Å². The van der Waals surface area contributed by atoms with E-state index in [4.69, 9.17) is 0 Å². The summed E-state index contributed by atoms with van der Waals surface area (Å²) >= 11 is 0. The van der Waals surface area contributed by atoms with Crippen molar-refractivity contribution in [3.05, 3.63) is 30.3 Å². The van der Waals surface area contributed by atoms with Gasteiger partial charge in [0.15, 0.2) is 0 Å². The summed E-state index contributed by atoms with van der Waals surface area (Å²) in [7, 11) is 0. The first-order valence-corrected chi connectivity index (χ1v) is 51.8. The summed E-state index contributed by atoms with van der Waals surface area (Å²) in [6.45, 7) is 26.5. The van der Waals surface area contributed by atoms with Gasteiger partial charge in [0.1, 0.15) is 0 Å². The molecule has 16 nitrogen and oxygen atoms in total. The average molecular weight is 1680 g/mol. The number of unbranched alkanes of at least 4 members (excludes halogenated alkanes) is 46. The fourth-order valence-electron chi connectivity index (χ4n) is 16.3. The van der Waals surface area contributed by atoms with Crippen molar-refractivity contribution in [2.75, 3.05) is 70.9 Å². The smallest absolute Gasteiger partial charge is 0.0685 e. The lowest BCUT2D eigenvalue weighted by molar-refractivity contribution is -0.111. The van der Waals surface area contributed by atoms with Crippen LogP contribution in [0, 0.1) is 0 Å². The van der Waals surface area contributed by atoms with E-state index in [2.05, 4.69) is 84.7 Å². The number of hydrogen-bond donors (Lipinski definition) is 11. The topological polar surface area (TPSA) is 231 Å². The number of nitrogens with zero attached hydrogens (tertiary/aromatic N) is 5. The van der Waals surface area contributed by atoms with Gasteiger partial charge in [0.25, 0.3) is 0 Å². The Balaban J connectivity index is 0. The molecule has 0 bridgehead atoms. The zero-order chi connectivity index (χ0) is 87.2. The highest BCUT2D eigenvalue weighted by atomic mass is 16.3. The summed E-state index contributed by atoms with van der Waals surface area (Å²) in [6, 6.07) is 10.1. The first-order chi connectivity index (χ1) is 57.4. The van der Waals surface area contributed by atoms with Gasteiger partial charge in [-0.05, 0) is 76.3 Å². The minimum Gasteiger partial charge on any atom is -0.392 e. The second-order valence-electron chi connectivity index (χ2n) is 36.6. The van der Waals surface area contributed by atoms with Crippen molar-refractivity contribution in [2.45, 2.75) is 554 Å². The maximum atomic E-state index is 11.3. The first kappa shape index (κ1) is 118. The molecule has 0 aliphatic rings. The molecule has 0 aromatic heterocycles. The van der Waals surface area contributed by atoms with Gasteiger partial charge in [-0.15, -0.1) is 0 Å². The average Bonchev–Trinajstić information content (AvgIpc) is 0.878. The molecule has 11 N–H and O–H groups in total. The van der Waals surface area contributed by atoms with Crippen molar-refractivity contribution in [1.82, 2.24) is 25.0 Å². The molecule has 0 saturated heterocycles. The quantitative estimate of drug-likeness (QED) is 0.0215. The predicted octanol–water partition coefficient (Wildman–Crippen LogP) is 24.9. The molecule has 0 fully saturated rings. The maximum absolute atomic E-state index is 11.3. The Morgan fingerprint density at radius 1 is 0.178 bits per heavy atom. The highest BCUT2D eigenvalue weighted by Crippen LogP contribution is 2.23. The number of hydrazine groups is 3. The molecule has 10 atom stereocenters. The van der Waals surface area contributed by atoms with Crippen LogP contribution >= 0.6 is 0 Å². The number of anilines is 1. The molecule has 0 heterocycles. The van der Waals surface area contributed by atoms with Gasteiger partial charge in [-0.3, -0.25) is 0 Å². The van der Waals surface area contributed by atoms with Crippen molar-refractivity contribution < 1.29 is 51.1 Å². The third-order valence-corrected chi connectivity index (χ3v) is 24.0. The Labute approximate surface area is 733 Å². The molecule has 16 heteroatoms. The monoisotopic (exact) mass is 1680 g/mol. The zero-order valence-electron chi connectivity index (χ0n) is 80.1. The first-order valence-electron chi connectivity index (χ1n) is 51.8. The summed E-state index contributed by atoms with van der Waals surface area (Å²) in [4.78, 5) is 0. The van der Waals surface area contributed by atoms with Crippen molar-refractivity contribution >= 4 is 5.69 Å². The fourth-order valence-corrected chi connectivity index (χ4v) is 16.3. The van der Waals surface area contributed by atoms with Crippen LogP contribution in [0.4, 0.5) is 5.69 Å². The minimum absolute atomic E-state index is 0.369. The summed E-state index contributed by atoms with van der Waals surface area (Å²) in [5, 5.41) is 119. The van der Waals surface area contributed by atoms with E-state index in [0.29, 0.717) is 65.4 Å². The number of nitrogens with one attached hydrogen (secondary N) is 1. The summed E-state index contributed by atoms with van der Waals surface area (Å²) in [5.74, 6) is 0. The van der Waals surface area contributed by atoms with Gasteiger partial charge < -0.3 is 56.5 Å². The minimum atomic E-state index is -0.488. The van der Waals surface area contributed by atoms with Gasteiger partial charge in [0.2, 0.25) is 0 Å². The Morgan fingerprint density at radius 3 is 0.475 bits per heavy atom. The van der Waals surface area contributed by atoms with Crippen LogP contribution in [0.5, 0.6) is 0 Å². The third kappa shape index (κ3) is 81.5. The van der Waals surface area contributed by atoms with Crippen LogP contribution in [0.1, 0.15) is 493 Å². The van der Waals surface area contributed by atoms with E-state index >= 15 is 0 Å². The number of rotatable bonds is 90. The van der Waals surface area contributed by atoms with Crippen molar-refractivity contribution in [3.63, 3.8) is 0 Å². The van der Waals surface area contributed by atoms with Crippen LogP contribution < -0.4 is 5.43 Å². The zero-order valence-corrected chi connectivity index (χ0v) is 80.1. The fraction of sp³-hybridized carbons (Fsp3) is 0.941. The molecule has 0 aliphatic carbocycles. The normalized spacial score (nSPS) is 14.5. The Morgan fingerprint density at radius 2 is 0.314 bits per heavy atom. The van der Waals surface area contributed by atoms with E-state index in [0.717, 1.165) is 185 Å². The molecular weight excluding hydrogens is 1470 g/mol. The number of aliphatic hydroxyl groups is 10. The summed E-state index contributed by atoms with van der Waals surface area (Å²) < 4.78 is 0. The molecule has 0 saturated carbocycles. The molecule has 1 rings (SSSR count). The van der Waals surface area contributed by atoms with Crippen molar-refractivity contribution in [2.24, 2.45) is 0 Å². The highest BCUT2D eigenvalue weighted by Gasteiger charge is 2.29. The van der Waals surface area contributed by atoms with E-state index in [9.17, 15) is 51.1 Å². The summed E-state index contributed by atoms with van der Waals surface area (Å²) in [5.41, 5.74) is 4.42. The molecule has 706 valence electrons. The molecule has 118 heavy (non-hydrogen) atoms. The molecule has 1 aromatic rings. The SMILES string of the molecule is CCCCC(O)CN(CC(O)CCCC)N(CC(O)CCCC)CC(O)CCCC.CCCCCCCCCCC(O)CN(CC(O)CCCCCCCCCC)N(CC(O)CCCCCCCCCC)CC(O)CCCCCCCCCC.CCCCCCCCCCC(O)CN(CC(O)CCCCCCCCCC)Nc1ccccc1. The molecule has 1 aromatic carbocycles. The second-order valence-corrected chi connectivity index (χ2v) is 36.6. The molecule has 10 unspecified atom stereocenters. The molecule has 0 aliphatic heterocycles. The lowest BCUT2D eigenvalue weighted by atomic mass is 10.0. The van der Waals surface area contributed by atoms with E-state index in [1.807, 2.05) is 45.4 Å². The third-order valence-electron chi connectivity index (χ3n) is 24.0. The van der Waals surface area contributed by atoms with Gasteiger partial charge in [0, 0.05) is 71.1 Å². The lowest BCUT2D eigenvalue weighted by Gasteiger charge is -2.39. The van der Waals surface area contributed by atoms with E-state index in [-0.39, 0.29) is 12.2 Å². The highest BCUT2D eigenvalue weighted by molar-refractivity contribution is 5.41. The molecule has 0 spiro atoms. The number of benzene rings is 1. The standard InChI is InChI=1S/C48H100N2O4.C30H56N2O2.C24H52N2O4/c1-5-9-13-17-21-25-29-33-37-45(51)41-49(42-46(52)38-34-30-26-22-18-14-10-6-2)50(43-47(53)39-35-31-27-23-19-15-11-7-3)44-48(54)40-36-32-28-24-20-16-12-8-4;1-3-5-7-9-11-13-15-20-24-29(33)26-32(31-28-22-18-17-19-23-28)27-30(34)25-21-16-14-12-10-8-6-4-2;1-5-9-13-21(27)17-25(18-22(28)14-10-6-2)26(19-23(29)15-11-7-3)20-24(30)16-12-8-4/h45-48,51-54H,5-44H2,1-4H3;17-19,22-23,29-31,33-34H,3-16,20-21,24-27H2,1-2H3;21-24,27-30H,5-20H2,1-4H3. The van der Waals surface area contributed by atoms with Gasteiger partial charge in [0.05, 0.1) is 61.0 Å². The van der Waals surface area contributed by atoms with Gasteiger partial charge >= 0.3 is 0 Å². The predicted molar refractivity (Wildman–Crippen MR) is 509 cm³/mol. The van der Waals surface area contributed by atoms with Crippen LogP contribution in [0.15, 0.2) is 30.3 Å². The largest absolute Gasteiger partial charge is 0.392 e. The molecular formula is C102H208N6O10. The molecule has 0 amide bonds. The van der Waals surface area contributed by atoms with Crippen molar-refractivity contribution in [3.8, 4) is 0 Å². The number of hydrogen-bond acceptors (Lipinski definition) is 16. The van der Waals surface area contributed by atoms with Gasteiger partial charge in [-0.25, -0.2) is 25.0 Å².